The first-order chi connectivity index (χ1) is 16.5. The zero-order valence-electron chi connectivity index (χ0n) is 17.6. The van der Waals surface area contributed by atoms with Gasteiger partial charge in [0.2, 0.25) is 0 Å². The highest BCUT2D eigenvalue weighted by Gasteiger charge is 2.17. The second kappa shape index (κ2) is 9.12. The lowest BCUT2D eigenvalue weighted by Crippen LogP contribution is -2.44. The van der Waals surface area contributed by atoms with E-state index in [1.54, 1.807) is 24.3 Å². The van der Waals surface area contributed by atoms with Crippen molar-refractivity contribution in [3.05, 3.63) is 89.0 Å². The summed E-state index contributed by atoms with van der Waals surface area (Å²) in [6.45, 7) is 0. The van der Waals surface area contributed by atoms with Crippen LogP contribution in [0.15, 0.2) is 83.3 Å². The number of H-pyrrole nitrogens is 1. The smallest absolute Gasteiger partial charge is 0.288 e. The standard InChI is InChI=1S/C25H18BrN5O2S/c26-15-8-10-16(11-9-15)27-25(34)31-30-24(33)21-13-19-18-6-1-2-7-20(18)28-23(19)22(29-21)14-4-3-5-17(32)12-14/h1-13,28,32H,(H,30,33)(H2,27,31,34). The maximum atomic E-state index is 13.0. The van der Waals surface area contributed by atoms with E-state index >= 15 is 0 Å². The third-order valence-corrected chi connectivity index (χ3v) is 5.97. The van der Waals surface area contributed by atoms with E-state index in [-0.39, 0.29) is 16.6 Å². The van der Waals surface area contributed by atoms with Crippen LogP contribution in [0.5, 0.6) is 5.75 Å². The normalized spacial score (nSPS) is 10.9. The number of nitrogens with zero attached hydrogens (tertiary/aromatic N) is 1. The number of hydrogen-bond acceptors (Lipinski definition) is 4. The molecule has 5 rings (SSSR count). The Labute approximate surface area is 208 Å². The average molecular weight is 532 g/mol. The summed E-state index contributed by atoms with van der Waals surface area (Å²) >= 11 is 8.67. The molecule has 3 aromatic carbocycles. The van der Waals surface area contributed by atoms with Crippen molar-refractivity contribution >= 4 is 66.7 Å². The highest BCUT2D eigenvalue weighted by molar-refractivity contribution is 9.10. The molecule has 2 heterocycles. The number of thiocarbonyl (C=S) groups is 1. The Hall–Kier alpha value is -3.95. The molecule has 0 spiro atoms. The minimum Gasteiger partial charge on any atom is -0.508 e. The Morgan fingerprint density at radius 1 is 0.941 bits per heavy atom. The fourth-order valence-corrected chi connectivity index (χ4v) is 4.13. The van der Waals surface area contributed by atoms with E-state index in [0.717, 1.165) is 32.0 Å². The monoisotopic (exact) mass is 531 g/mol. The van der Waals surface area contributed by atoms with Gasteiger partial charge in [0.15, 0.2) is 5.11 Å². The summed E-state index contributed by atoms with van der Waals surface area (Å²) in [7, 11) is 0. The fourth-order valence-electron chi connectivity index (χ4n) is 3.70. The predicted molar refractivity (Wildman–Crippen MR) is 142 cm³/mol. The number of aromatic amines is 1. The number of para-hydroxylation sites is 1. The third kappa shape index (κ3) is 4.43. The second-order valence-corrected chi connectivity index (χ2v) is 8.86. The lowest BCUT2D eigenvalue weighted by atomic mass is 10.1. The molecule has 5 N–H and O–H groups in total. The van der Waals surface area contributed by atoms with Crippen LogP contribution in [0.4, 0.5) is 5.69 Å². The highest BCUT2D eigenvalue weighted by Crippen LogP contribution is 2.33. The van der Waals surface area contributed by atoms with Crippen molar-refractivity contribution in [2.24, 2.45) is 0 Å². The number of pyridine rings is 1. The molecule has 0 fully saturated rings. The van der Waals surface area contributed by atoms with Crippen LogP contribution in [0, 0.1) is 0 Å². The molecule has 168 valence electrons. The van der Waals surface area contributed by atoms with Gasteiger partial charge in [-0.25, -0.2) is 4.98 Å². The Morgan fingerprint density at radius 2 is 1.74 bits per heavy atom. The maximum Gasteiger partial charge on any atom is 0.288 e. The number of fused-ring (bicyclic) bond motifs is 3. The summed E-state index contributed by atoms with van der Waals surface area (Å²) in [5.41, 5.74) is 9.25. The number of aromatic nitrogens is 2. The lowest BCUT2D eigenvalue weighted by Gasteiger charge is -2.12. The van der Waals surface area contributed by atoms with Crippen molar-refractivity contribution in [2.75, 3.05) is 5.32 Å². The van der Waals surface area contributed by atoms with Gasteiger partial charge in [0, 0.05) is 32.0 Å². The third-order valence-electron chi connectivity index (χ3n) is 5.24. The van der Waals surface area contributed by atoms with Gasteiger partial charge in [-0.2, -0.15) is 0 Å². The van der Waals surface area contributed by atoms with Gasteiger partial charge in [-0.05, 0) is 60.7 Å². The van der Waals surface area contributed by atoms with Gasteiger partial charge in [-0.3, -0.25) is 15.6 Å². The second-order valence-electron chi connectivity index (χ2n) is 7.54. The molecule has 0 atom stereocenters. The number of hydrazine groups is 1. The molecule has 0 radical (unpaired) electrons. The average Bonchev–Trinajstić information content (AvgIpc) is 3.22. The van der Waals surface area contributed by atoms with Crippen molar-refractivity contribution in [3.63, 3.8) is 0 Å². The molecular formula is C25H18BrN5O2S. The predicted octanol–water partition coefficient (Wildman–Crippen LogP) is 5.48. The van der Waals surface area contributed by atoms with Crippen LogP contribution in [0.25, 0.3) is 33.1 Å². The summed E-state index contributed by atoms with van der Waals surface area (Å²) < 4.78 is 0.950. The van der Waals surface area contributed by atoms with E-state index in [0.29, 0.717) is 11.3 Å². The van der Waals surface area contributed by atoms with Gasteiger partial charge in [0.25, 0.3) is 5.91 Å². The summed E-state index contributed by atoms with van der Waals surface area (Å²) in [6, 6.07) is 23.8. The Balaban J connectivity index is 1.46. The van der Waals surface area contributed by atoms with Gasteiger partial charge in [-0.1, -0.05) is 46.3 Å². The van der Waals surface area contributed by atoms with Crippen LogP contribution < -0.4 is 16.2 Å². The lowest BCUT2D eigenvalue weighted by molar-refractivity contribution is 0.0939. The van der Waals surface area contributed by atoms with E-state index in [2.05, 4.69) is 42.1 Å². The number of halogens is 1. The topological polar surface area (TPSA) is 102 Å². The molecule has 2 aromatic heterocycles. The van der Waals surface area contributed by atoms with Crippen LogP contribution in [-0.2, 0) is 0 Å². The Morgan fingerprint density at radius 3 is 2.53 bits per heavy atom. The molecule has 1 amide bonds. The summed E-state index contributed by atoms with van der Waals surface area (Å²) in [6.07, 6.45) is 0. The number of carbonyl (C=O) groups excluding carboxylic acids is 1. The molecule has 0 aliphatic heterocycles. The highest BCUT2D eigenvalue weighted by atomic mass is 79.9. The summed E-state index contributed by atoms with van der Waals surface area (Å²) in [5.74, 6) is -0.335. The molecule has 0 saturated heterocycles. The molecule has 0 aliphatic carbocycles. The van der Waals surface area contributed by atoms with E-state index in [4.69, 9.17) is 12.2 Å². The molecule has 0 bridgehead atoms. The minimum atomic E-state index is -0.450. The SMILES string of the molecule is O=C(NNC(=S)Nc1ccc(Br)cc1)c1cc2c([nH]c3ccccc32)c(-c2cccc(O)c2)n1. The number of rotatable bonds is 3. The maximum absolute atomic E-state index is 13.0. The van der Waals surface area contributed by atoms with E-state index in [9.17, 15) is 9.90 Å². The number of anilines is 1. The van der Waals surface area contributed by atoms with Crippen molar-refractivity contribution < 1.29 is 9.90 Å². The van der Waals surface area contributed by atoms with Gasteiger partial charge in [0.05, 0.1) is 11.2 Å². The van der Waals surface area contributed by atoms with Gasteiger partial charge in [0.1, 0.15) is 11.4 Å². The molecule has 0 unspecified atom stereocenters. The molecule has 9 heteroatoms. The van der Waals surface area contributed by atoms with E-state index in [1.807, 2.05) is 54.6 Å². The van der Waals surface area contributed by atoms with Crippen molar-refractivity contribution in [1.82, 2.24) is 20.8 Å². The van der Waals surface area contributed by atoms with Crippen LogP contribution >= 0.6 is 28.1 Å². The van der Waals surface area contributed by atoms with E-state index in [1.165, 1.54) is 0 Å². The first-order valence-corrected chi connectivity index (χ1v) is 11.5. The van der Waals surface area contributed by atoms with Gasteiger partial charge < -0.3 is 15.4 Å². The molecule has 0 aliphatic rings. The van der Waals surface area contributed by atoms with Crippen molar-refractivity contribution in [1.29, 1.82) is 0 Å². The number of benzene rings is 3. The van der Waals surface area contributed by atoms with Gasteiger partial charge in [-0.15, -0.1) is 0 Å². The van der Waals surface area contributed by atoms with E-state index < -0.39 is 5.91 Å². The largest absolute Gasteiger partial charge is 0.508 e. The van der Waals surface area contributed by atoms with Crippen molar-refractivity contribution in [2.45, 2.75) is 0 Å². The number of hydrogen-bond donors (Lipinski definition) is 5. The van der Waals surface area contributed by atoms with Gasteiger partial charge >= 0.3 is 0 Å². The molecule has 7 nitrogen and oxygen atoms in total. The zero-order chi connectivity index (χ0) is 23.7. The van der Waals surface area contributed by atoms with Crippen LogP contribution in [-0.4, -0.2) is 26.1 Å². The molecule has 0 saturated carbocycles. The number of amides is 1. The molecular weight excluding hydrogens is 514 g/mol. The number of phenols is 1. The summed E-state index contributed by atoms with van der Waals surface area (Å²) in [5, 5.41) is 15.0. The minimum absolute atomic E-state index is 0.115. The number of aromatic hydroxyl groups is 1. The molecule has 34 heavy (non-hydrogen) atoms. The van der Waals surface area contributed by atoms with Crippen molar-refractivity contribution in [3.8, 4) is 17.0 Å². The number of nitrogens with one attached hydrogen (secondary N) is 4. The Bertz CT molecular complexity index is 1550. The number of phenolic OH excluding ortho intramolecular Hbond substituents is 1. The first kappa shape index (κ1) is 21.9. The summed E-state index contributed by atoms with van der Waals surface area (Å²) in [4.78, 5) is 21.0. The number of carbonyl (C=O) groups is 1. The quantitative estimate of drug-likeness (QED) is 0.156. The Kier molecular flexibility index (Phi) is 5.87. The first-order valence-electron chi connectivity index (χ1n) is 10.3. The van der Waals surface area contributed by atoms with Crippen LogP contribution in [0.1, 0.15) is 10.5 Å². The zero-order valence-corrected chi connectivity index (χ0v) is 20.0. The van der Waals surface area contributed by atoms with Crippen LogP contribution in [0.2, 0.25) is 0 Å². The van der Waals surface area contributed by atoms with Crippen LogP contribution in [0.3, 0.4) is 0 Å². The molecule has 5 aromatic rings. The fraction of sp³-hybridized carbons (Fsp3) is 0.